The Morgan fingerprint density at radius 3 is 1.57 bits per heavy atom. The van der Waals surface area contributed by atoms with Gasteiger partial charge in [-0.05, 0) is 56.0 Å². The fourth-order valence-corrected chi connectivity index (χ4v) is 13.2. The number of aliphatic hydroxyl groups is 2. The first kappa shape index (κ1) is 34.9. The number of aromatic nitrogens is 4. The van der Waals surface area contributed by atoms with E-state index in [0.29, 0.717) is 24.0 Å². The van der Waals surface area contributed by atoms with Gasteiger partial charge in [0.2, 0.25) is 0 Å². The zero-order chi connectivity index (χ0) is 42.0. The van der Waals surface area contributed by atoms with E-state index in [2.05, 4.69) is 60.7 Å². The fraction of sp³-hybridized carbons (Fsp3) is 0.250. The molecule has 6 aromatic carbocycles. The molecule has 11 nitrogen and oxygen atoms in total. The van der Waals surface area contributed by atoms with E-state index in [0.717, 1.165) is 111 Å². The molecule has 16 rings (SSSR count). The molecule has 2 N–H and O–H groups in total. The quantitative estimate of drug-likeness (QED) is 0.158. The van der Waals surface area contributed by atoms with Crippen molar-refractivity contribution in [3.8, 4) is 0 Å². The van der Waals surface area contributed by atoms with Gasteiger partial charge in [0.05, 0.1) is 57.2 Å². The summed E-state index contributed by atoms with van der Waals surface area (Å²) in [5.74, 6) is 0.0685. The highest BCUT2D eigenvalue weighted by Crippen LogP contribution is 2.58. The molecule has 2 aliphatic carbocycles. The number of hydrogen-bond donors (Lipinski definition) is 2. The Hall–Kier alpha value is -6.63. The van der Waals surface area contributed by atoms with Crippen LogP contribution in [-0.2, 0) is 21.6 Å². The second-order valence-corrected chi connectivity index (χ2v) is 18.5. The molecule has 4 aliphatic heterocycles. The average molecular weight is 831 g/mol. The summed E-state index contributed by atoms with van der Waals surface area (Å²) >= 11 is 0. The van der Waals surface area contributed by atoms with Gasteiger partial charge in [-0.15, -0.1) is 0 Å². The van der Waals surface area contributed by atoms with Crippen LogP contribution in [0.15, 0.2) is 97.1 Å². The van der Waals surface area contributed by atoms with Crippen molar-refractivity contribution in [2.45, 2.75) is 75.5 Å². The predicted molar refractivity (Wildman–Crippen MR) is 240 cm³/mol. The molecule has 6 aliphatic rings. The summed E-state index contributed by atoms with van der Waals surface area (Å²) in [7, 11) is 0. The van der Waals surface area contributed by atoms with E-state index in [1.807, 2.05) is 61.5 Å². The van der Waals surface area contributed by atoms with Gasteiger partial charge in [-0.3, -0.25) is 14.4 Å². The lowest BCUT2D eigenvalue weighted by Gasteiger charge is -2.38. The Balaban J connectivity index is 0.000000118. The molecule has 11 heteroatoms. The van der Waals surface area contributed by atoms with E-state index in [-0.39, 0.29) is 42.6 Å². The van der Waals surface area contributed by atoms with E-state index >= 15 is 0 Å². The summed E-state index contributed by atoms with van der Waals surface area (Å²) in [6, 6.07) is 32.7. The van der Waals surface area contributed by atoms with E-state index in [1.54, 1.807) is 0 Å². The number of carbonyl (C=O) groups excluding carboxylic acids is 3. The van der Waals surface area contributed by atoms with Gasteiger partial charge in [0.1, 0.15) is 24.3 Å². The van der Waals surface area contributed by atoms with Gasteiger partial charge < -0.3 is 38.0 Å². The molecular formula is C52H38N4O7. The summed E-state index contributed by atoms with van der Waals surface area (Å²) in [5.41, 5.74) is 8.63. The average Bonchev–Trinajstić information content (AvgIpc) is 4.17. The maximum absolute atomic E-state index is 13.3. The number of Topliss-reactive ketones (excluding diaryl/α,β-unsaturated/α-hetero) is 3. The van der Waals surface area contributed by atoms with Gasteiger partial charge in [0.15, 0.2) is 23.1 Å². The maximum Gasteiger partial charge on any atom is 0.176 e. The molecule has 0 radical (unpaired) electrons. The Morgan fingerprint density at radius 2 is 1.03 bits per heavy atom. The standard InChI is InChI=1S/C27H22N2O4.C25H16N2O3/c1-26-27(32,13-30)12-20(33-26)28-17-8-4-2-6-14(17)23-22-16(10-11-19(22)31)21-15-7-3-5-9-18(15)29(26)25(21)24(23)28;28-16-11-17(29)23-21-13-6-2-4-8-15(13)27-19-10-9-18(30-19)26-14-7-3-1-5-12(14)20(22(16)23)24(26)25(21)27/h2-9,20,30,32H,10-13H2,1H3;1-8,18-19H,9-11H2/t20-,26+,27+;/m1./s1. The topological polar surface area (TPSA) is 130 Å². The third kappa shape index (κ3) is 3.81. The zero-order valence-corrected chi connectivity index (χ0v) is 34.1. The van der Waals surface area contributed by atoms with Crippen molar-refractivity contribution in [2.24, 2.45) is 0 Å². The number of ether oxygens (including phenoxy) is 2. The molecule has 0 amide bonds. The summed E-state index contributed by atoms with van der Waals surface area (Å²) in [4.78, 5) is 39.5. The van der Waals surface area contributed by atoms with Gasteiger partial charge in [-0.2, -0.15) is 0 Å². The first-order valence-corrected chi connectivity index (χ1v) is 22.0. The van der Waals surface area contributed by atoms with Crippen LogP contribution in [0, 0.1) is 0 Å². The Labute approximate surface area is 357 Å². The fourth-order valence-electron chi connectivity index (χ4n) is 13.2. The van der Waals surface area contributed by atoms with E-state index in [4.69, 9.17) is 9.47 Å². The SMILES string of the molecule is C[C@]12O[C@H](C[C@]1(O)CO)n1c3ccccc3c3c4c(c5c6ccccc6n2c5c31)CCC4=O.O=C1CC(=O)c2c1c1c3ccccc3n3c1c1c2c2ccccc2n1C1CCC3O1. The van der Waals surface area contributed by atoms with Crippen LogP contribution in [0.2, 0.25) is 0 Å². The third-order valence-electron chi connectivity index (χ3n) is 15.7. The third-order valence-corrected chi connectivity index (χ3v) is 15.7. The first-order chi connectivity index (χ1) is 30.7. The van der Waals surface area contributed by atoms with Crippen LogP contribution in [0.1, 0.15) is 94.3 Å². The van der Waals surface area contributed by atoms with Crippen molar-refractivity contribution >= 4 is 105 Å². The van der Waals surface area contributed by atoms with Crippen LogP contribution in [0.4, 0.5) is 0 Å². The molecule has 0 spiro atoms. The summed E-state index contributed by atoms with van der Waals surface area (Å²) in [6.07, 6.45) is 2.70. The molecule has 2 saturated heterocycles. The van der Waals surface area contributed by atoms with Crippen molar-refractivity contribution in [1.82, 2.24) is 18.3 Å². The highest BCUT2D eigenvalue weighted by atomic mass is 16.6. The smallest absolute Gasteiger partial charge is 0.176 e. The lowest BCUT2D eigenvalue weighted by Crippen LogP contribution is -2.53. The van der Waals surface area contributed by atoms with E-state index in [1.165, 1.54) is 0 Å². The number of fused-ring (bicyclic) bond motifs is 26. The number of para-hydroxylation sites is 4. The van der Waals surface area contributed by atoms with Gasteiger partial charge in [-0.1, -0.05) is 72.8 Å². The highest BCUT2D eigenvalue weighted by molar-refractivity contribution is 6.41. The molecule has 5 atom stereocenters. The van der Waals surface area contributed by atoms with Crippen molar-refractivity contribution in [1.29, 1.82) is 0 Å². The summed E-state index contributed by atoms with van der Waals surface area (Å²) in [6.45, 7) is 1.48. The van der Waals surface area contributed by atoms with Crippen LogP contribution in [0.5, 0.6) is 0 Å². The summed E-state index contributed by atoms with van der Waals surface area (Å²) < 4.78 is 22.1. The van der Waals surface area contributed by atoms with Crippen LogP contribution < -0.4 is 0 Å². The molecule has 8 heterocycles. The molecule has 2 fully saturated rings. The largest absolute Gasteiger partial charge is 0.393 e. The summed E-state index contributed by atoms with van der Waals surface area (Å²) in [5, 5.41) is 30.2. The normalized spacial score (nSPS) is 25.3. The predicted octanol–water partition coefficient (Wildman–Crippen LogP) is 9.85. The maximum atomic E-state index is 13.3. The Bertz CT molecular complexity index is 3760. The van der Waals surface area contributed by atoms with Gasteiger partial charge in [0, 0.05) is 72.6 Å². The van der Waals surface area contributed by atoms with Crippen LogP contribution in [0.25, 0.3) is 87.2 Å². The zero-order valence-electron chi connectivity index (χ0n) is 34.1. The Kier molecular flexibility index (Phi) is 6.26. The molecule has 308 valence electrons. The second-order valence-electron chi connectivity index (χ2n) is 18.5. The number of ketones is 3. The molecule has 63 heavy (non-hydrogen) atoms. The first-order valence-electron chi connectivity index (χ1n) is 22.0. The molecule has 10 aromatic rings. The monoisotopic (exact) mass is 830 g/mol. The minimum Gasteiger partial charge on any atom is -0.393 e. The number of aryl methyl sites for hydroxylation is 1. The van der Waals surface area contributed by atoms with Crippen LogP contribution in [-0.4, -0.2) is 58.0 Å². The molecule has 4 bridgehead atoms. The second kappa shape index (κ2) is 11.3. The van der Waals surface area contributed by atoms with Gasteiger partial charge >= 0.3 is 0 Å². The highest BCUT2D eigenvalue weighted by Gasteiger charge is 2.61. The van der Waals surface area contributed by atoms with Crippen molar-refractivity contribution < 1.29 is 34.1 Å². The van der Waals surface area contributed by atoms with Crippen LogP contribution in [0.3, 0.4) is 0 Å². The lowest BCUT2D eigenvalue weighted by atomic mass is 9.89. The number of aliphatic hydroxyl groups excluding tert-OH is 1. The molecule has 0 saturated carbocycles. The molecular weight excluding hydrogens is 793 g/mol. The van der Waals surface area contributed by atoms with Crippen LogP contribution >= 0.6 is 0 Å². The minimum atomic E-state index is -1.46. The van der Waals surface area contributed by atoms with Gasteiger partial charge in [0.25, 0.3) is 0 Å². The number of hydrogen-bond acceptors (Lipinski definition) is 7. The van der Waals surface area contributed by atoms with Crippen molar-refractivity contribution in [3.05, 3.63) is 119 Å². The van der Waals surface area contributed by atoms with E-state index < -0.39 is 24.2 Å². The van der Waals surface area contributed by atoms with Crippen molar-refractivity contribution in [3.63, 3.8) is 0 Å². The van der Waals surface area contributed by atoms with E-state index in [9.17, 15) is 24.6 Å². The number of nitrogens with zero attached hydrogens (tertiary/aromatic N) is 4. The minimum absolute atomic E-state index is 0.0358. The lowest BCUT2D eigenvalue weighted by molar-refractivity contribution is -0.189. The molecule has 4 aromatic heterocycles. The number of rotatable bonds is 1. The number of benzene rings is 6. The van der Waals surface area contributed by atoms with Gasteiger partial charge in [-0.25, -0.2) is 0 Å². The number of carbonyl (C=O) groups is 3. The van der Waals surface area contributed by atoms with Crippen molar-refractivity contribution in [2.75, 3.05) is 6.61 Å². The molecule has 2 unspecified atom stereocenters. The Morgan fingerprint density at radius 1 is 0.571 bits per heavy atom.